The minimum atomic E-state index is 0.327. The zero-order chi connectivity index (χ0) is 10.8. The predicted octanol–water partition coefficient (Wildman–Crippen LogP) is 2.28. The molecule has 0 aliphatic heterocycles. The fraction of sp³-hybridized carbons (Fsp3) is 0.600. The topological polar surface area (TPSA) is 55.4 Å². The molecule has 2 N–H and O–H groups in total. The fourth-order valence-corrected chi connectivity index (χ4v) is 2.85. The van der Waals surface area contributed by atoms with Crippen LogP contribution >= 0.6 is 11.8 Å². The summed E-state index contributed by atoms with van der Waals surface area (Å²) < 4.78 is 0. The van der Waals surface area contributed by atoms with Gasteiger partial charge in [0.15, 0.2) is 5.17 Å². The minimum absolute atomic E-state index is 0.327. The van der Waals surface area contributed by atoms with Crippen LogP contribution in [0.2, 0.25) is 0 Å². The van der Waals surface area contributed by atoms with Gasteiger partial charge in [-0.3, -0.25) is 4.79 Å². The number of hydrogen-bond acceptors (Lipinski definition) is 2. The second-order valence-corrected chi connectivity index (χ2v) is 5.51. The number of rotatable bonds is 2. The summed E-state index contributed by atoms with van der Waals surface area (Å²) in [5, 5.41) is 0.340. The molecule has 0 spiro atoms. The Morgan fingerprint density at radius 1 is 1.57 bits per heavy atom. The van der Waals surface area contributed by atoms with Crippen molar-refractivity contribution in [2.45, 2.75) is 33.6 Å². The first-order valence-corrected chi connectivity index (χ1v) is 5.40. The van der Waals surface area contributed by atoms with E-state index in [0.717, 1.165) is 12.8 Å². The lowest BCUT2D eigenvalue weighted by molar-refractivity contribution is -0.106. The van der Waals surface area contributed by atoms with E-state index in [-0.39, 0.29) is 0 Å². The molecule has 1 amide bonds. The monoisotopic (exact) mass is 212 g/mol. The van der Waals surface area contributed by atoms with Gasteiger partial charge >= 0.3 is 0 Å². The number of carbonyl (C=O) groups is 1. The molecule has 1 aliphatic rings. The first-order chi connectivity index (χ1) is 6.44. The van der Waals surface area contributed by atoms with Crippen molar-refractivity contribution >= 4 is 23.3 Å². The van der Waals surface area contributed by atoms with E-state index in [1.807, 2.05) is 0 Å². The number of amidine groups is 1. The molecular weight excluding hydrogens is 196 g/mol. The molecule has 0 aromatic rings. The van der Waals surface area contributed by atoms with Crippen LogP contribution in [0.5, 0.6) is 0 Å². The Hall–Kier alpha value is -0.770. The van der Waals surface area contributed by atoms with Crippen LogP contribution in [0.4, 0.5) is 0 Å². The van der Waals surface area contributed by atoms with Gasteiger partial charge in [0.1, 0.15) is 0 Å². The Balaban J connectivity index is 2.67. The first-order valence-electron chi connectivity index (χ1n) is 4.58. The first kappa shape index (κ1) is 11.3. The van der Waals surface area contributed by atoms with Crippen molar-refractivity contribution in [2.24, 2.45) is 16.1 Å². The van der Waals surface area contributed by atoms with Gasteiger partial charge in [0, 0.05) is 0 Å². The summed E-state index contributed by atoms with van der Waals surface area (Å²) in [5.74, 6) is 0. The summed E-state index contributed by atoms with van der Waals surface area (Å²) >= 11 is 1.42. The van der Waals surface area contributed by atoms with Crippen molar-refractivity contribution in [3.05, 3.63) is 10.5 Å². The number of nitrogens with zero attached hydrogens (tertiary/aromatic N) is 1. The smallest absolute Gasteiger partial charge is 0.235 e. The van der Waals surface area contributed by atoms with Gasteiger partial charge in [-0.15, -0.1) is 0 Å². The van der Waals surface area contributed by atoms with Crippen molar-refractivity contribution in [1.29, 1.82) is 0 Å². The lowest BCUT2D eigenvalue weighted by Gasteiger charge is -2.16. The third-order valence-electron chi connectivity index (χ3n) is 2.27. The van der Waals surface area contributed by atoms with Crippen LogP contribution in [0.1, 0.15) is 33.6 Å². The van der Waals surface area contributed by atoms with Crippen LogP contribution in [-0.4, -0.2) is 11.6 Å². The highest BCUT2D eigenvalue weighted by atomic mass is 32.2. The summed E-state index contributed by atoms with van der Waals surface area (Å²) in [6.45, 7) is 6.58. The average Bonchev–Trinajstić information content (AvgIpc) is 2.25. The van der Waals surface area contributed by atoms with Crippen LogP contribution in [0.3, 0.4) is 0 Å². The Morgan fingerprint density at radius 2 is 2.21 bits per heavy atom. The normalized spacial score (nSPS) is 21.5. The Morgan fingerprint density at radius 3 is 2.64 bits per heavy atom. The zero-order valence-corrected chi connectivity index (χ0v) is 9.65. The van der Waals surface area contributed by atoms with Crippen LogP contribution in [0.15, 0.2) is 15.5 Å². The lowest BCUT2D eigenvalue weighted by atomic mass is 9.90. The summed E-state index contributed by atoms with van der Waals surface area (Å²) in [5.41, 5.74) is 7.25. The van der Waals surface area contributed by atoms with Gasteiger partial charge in [0.05, 0.1) is 0 Å². The molecule has 3 nitrogen and oxygen atoms in total. The maximum Gasteiger partial charge on any atom is 0.235 e. The Bertz CT molecular complexity index is 305. The molecule has 0 heterocycles. The van der Waals surface area contributed by atoms with Crippen LogP contribution in [0, 0.1) is 5.41 Å². The molecule has 0 atom stereocenters. The van der Waals surface area contributed by atoms with E-state index in [0.29, 0.717) is 17.0 Å². The molecule has 78 valence electrons. The highest BCUT2D eigenvalue weighted by Crippen LogP contribution is 2.45. The van der Waals surface area contributed by atoms with Gasteiger partial charge in [-0.05, 0) is 30.1 Å². The van der Waals surface area contributed by atoms with Gasteiger partial charge in [-0.25, -0.2) is 0 Å². The van der Waals surface area contributed by atoms with Gasteiger partial charge in [0.25, 0.3) is 0 Å². The van der Waals surface area contributed by atoms with Gasteiger partial charge in [-0.2, -0.15) is 4.99 Å². The van der Waals surface area contributed by atoms with E-state index in [2.05, 4.69) is 25.8 Å². The molecule has 0 aromatic heterocycles. The summed E-state index contributed by atoms with van der Waals surface area (Å²) in [4.78, 5) is 14.9. The maximum absolute atomic E-state index is 10.1. The van der Waals surface area contributed by atoms with E-state index < -0.39 is 0 Å². The van der Waals surface area contributed by atoms with Crippen molar-refractivity contribution in [1.82, 2.24) is 0 Å². The van der Waals surface area contributed by atoms with Gasteiger partial charge in [-0.1, -0.05) is 31.2 Å². The Kier molecular flexibility index (Phi) is 3.37. The second-order valence-electron chi connectivity index (χ2n) is 4.40. The van der Waals surface area contributed by atoms with Crippen LogP contribution in [-0.2, 0) is 4.79 Å². The molecule has 1 aliphatic carbocycles. The highest BCUT2D eigenvalue weighted by Gasteiger charge is 2.29. The third kappa shape index (κ3) is 2.87. The van der Waals surface area contributed by atoms with Crippen molar-refractivity contribution < 1.29 is 4.79 Å². The van der Waals surface area contributed by atoms with Crippen LogP contribution < -0.4 is 5.73 Å². The lowest BCUT2D eigenvalue weighted by Crippen LogP contribution is -2.08. The molecular formula is C10H16N2OS. The maximum atomic E-state index is 10.1. The average molecular weight is 212 g/mol. The number of nitrogens with two attached hydrogens (primary N) is 1. The zero-order valence-electron chi connectivity index (χ0n) is 8.83. The SMILES string of the molecule is CC1=C(S/C(N)=N\C=O)CC(C)(C)C1. The fourth-order valence-electron chi connectivity index (χ4n) is 1.79. The van der Waals surface area contributed by atoms with Crippen molar-refractivity contribution in [2.75, 3.05) is 0 Å². The van der Waals surface area contributed by atoms with E-state index >= 15 is 0 Å². The van der Waals surface area contributed by atoms with Gasteiger partial charge < -0.3 is 5.73 Å². The second kappa shape index (κ2) is 4.17. The molecule has 0 radical (unpaired) electrons. The number of hydrogen-bond donors (Lipinski definition) is 1. The summed E-state index contributed by atoms with van der Waals surface area (Å²) in [6.07, 6.45) is 2.61. The number of aliphatic imine (C=N–C) groups is 1. The molecule has 0 bridgehead atoms. The predicted molar refractivity (Wildman–Crippen MR) is 61.0 cm³/mol. The van der Waals surface area contributed by atoms with E-state index in [4.69, 9.17) is 5.73 Å². The standard InChI is InChI=1S/C10H16N2OS/c1-7-4-10(2,3)5-8(7)14-9(11)12-6-13/h6H,4-5H2,1-3H3,(H2,11,12,13). The van der Waals surface area contributed by atoms with E-state index in [1.54, 1.807) is 0 Å². The minimum Gasteiger partial charge on any atom is -0.378 e. The van der Waals surface area contributed by atoms with E-state index in [9.17, 15) is 4.79 Å². The molecule has 0 saturated heterocycles. The van der Waals surface area contributed by atoms with E-state index in [1.165, 1.54) is 22.2 Å². The summed E-state index contributed by atoms with van der Waals surface area (Å²) in [6, 6.07) is 0. The number of carbonyl (C=O) groups excluding carboxylic acids is 1. The molecule has 0 aromatic carbocycles. The highest BCUT2D eigenvalue weighted by molar-refractivity contribution is 8.17. The van der Waals surface area contributed by atoms with Crippen molar-refractivity contribution in [3.8, 4) is 0 Å². The molecule has 14 heavy (non-hydrogen) atoms. The Labute approximate surface area is 88.8 Å². The molecule has 0 unspecified atom stereocenters. The summed E-state index contributed by atoms with van der Waals surface area (Å²) in [7, 11) is 0. The largest absolute Gasteiger partial charge is 0.378 e. The van der Waals surface area contributed by atoms with Crippen LogP contribution in [0.25, 0.3) is 0 Å². The number of thioether (sulfide) groups is 1. The third-order valence-corrected chi connectivity index (χ3v) is 3.32. The molecule has 4 heteroatoms. The molecule has 0 saturated carbocycles. The number of allylic oxidation sites excluding steroid dienone is 2. The van der Waals surface area contributed by atoms with Gasteiger partial charge in [0.2, 0.25) is 6.41 Å². The number of amides is 1. The quantitative estimate of drug-likeness (QED) is 0.434. The molecule has 0 fully saturated rings. The molecule has 1 rings (SSSR count). The van der Waals surface area contributed by atoms with Crippen molar-refractivity contribution in [3.63, 3.8) is 0 Å².